The number of anilines is 1. The highest BCUT2D eigenvalue weighted by Gasteiger charge is 1.95. The quantitative estimate of drug-likeness (QED) is 0.674. The molecule has 64 valence electrons. The maximum absolute atomic E-state index is 5.14. The lowest BCUT2D eigenvalue weighted by molar-refractivity contribution is 1.12. The van der Waals surface area contributed by atoms with Crippen molar-refractivity contribution >= 4 is 16.6 Å². The van der Waals surface area contributed by atoms with Crippen molar-refractivity contribution in [1.82, 2.24) is 10.2 Å². The lowest BCUT2D eigenvalue weighted by Crippen LogP contribution is -1.97. The Morgan fingerprint density at radius 1 is 1.54 bits per heavy atom. The van der Waals surface area contributed by atoms with Crippen molar-refractivity contribution in [1.29, 1.82) is 0 Å². The summed E-state index contributed by atoms with van der Waals surface area (Å²) in [4.78, 5) is 0. The topological polar surface area (TPSA) is 40.7 Å². The number of rotatable bonds is 2. The molecule has 2 rings (SSSR count). The molecule has 0 amide bonds. The first-order valence-corrected chi connectivity index (χ1v) is 4.00. The molecule has 0 saturated heterocycles. The van der Waals surface area contributed by atoms with Crippen LogP contribution in [-0.4, -0.2) is 16.7 Å². The molecule has 0 saturated carbocycles. The van der Waals surface area contributed by atoms with Gasteiger partial charge < -0.3 is 5.32 Å². The lowest BCUT2D eigenvalue weighted by atomic mass is 10.2. The molecule has 13 heavy (non-hydrogen) atoms. The third kappa shape index (κ3) is 1.47. The smallest absolute Gasteiger partial charge is 0.0763 e. The van der Waals surface area contributed by atoms with Crippen LogP contribution in [-0.2, 0) is 0 Å². The summed E-state index contributed by atoms with van der Waals surface area (Å²) in [6.07, 6.45) is 6.93. The summed E-state index contributed by atoms with van der Waals surface area (Å²) in [6, 6.07) is 5.95. The molecule has 2 N–H and O–H groups in total. The first kappa shape index (κ1) is 7.69. The first-order chi connectivity index (χ1) is 6.40. The van der Waals surface area contributed by atoms with Crippen molar-refractivity contribution < 1.29 is 0 Å². The summed E-state index contributed by atoms with van der Waals surface area (Å²) in [5.41, 5.74) is 2.05. The van der Waals surface area contributed by atoms with Crippen LogP contribution in [0.25, 0.3) is 10.9 Å². The van der Waals surface area contributed by atoms with E-state index in [1.165, 1.54) is 0 Å². The van der Waals surface area contributed by atoms with Gasteiger partial charge >= 0.3 is 0 Å². The number of aromatic amines is 1. The number of hydrogen-bond acceptors (Lipinski definition) is 2. The molecule has 0 fully saturated rings. The molecular formula is C10H9N3. The summed E-state index contributed by atoms with van der Waals surface area (Å²) < 4.78 is 0. The molecule has 3 heteroatoms. The van der Waals surface area contributed by atoms with Crippen LogP contribution in [0.2, 0.25) is 0 Å². The zero-order valence-electron chi connectivity index (χ0n) is 7.04. The number of nitrogens with zero attached hydrogens (tertiary/aromatic N) is 1. The van der Waals surface area contributed by atoms with Crippen LogP contribution < -0.4 is 5.32 Å². The number of nitrogens with one attached hydrogen (secondary N) is 2. The lowest BCUT2D eigenvalue weighted by Gasteiger charge is -2.00. The molecule has 0 bridgehead atoms. The summed E-state index contributed by atoms with van der Waals surface area (Å²) in [5, 5.41) is 11.0. The van der Waals surface area contributed by atoms with Crippen LogP contribution in [0.5, 0.6) is 0 Å². The predicted molar refractivity (Wildman–Crippen MR) is 53.4 cm³/mol. The summed E-state index contributed by atoms with van der Waals surface area (Å²) in [6.45, 7) is 0.545. The predicted octanol–water partition coefficient (Wildman–Crippen LogP) is 1.61. The number of H-pyrrole nitrogens is 1. The minimum atomic E-state index is 0.545. The Hall–Kier alpha value is -1.95. The highest BCUT2D eigenvalue weighted by molar-refractivity contribution is 5.81. The van der Waals surface area contributed by atoms with E-state index in [2.05, 4.69) is 21.4 Å². The number of terminal acetylenes is 1. The molecule has 0 unspecified atom stereocenters. The number of benzene rings is 1. The molecule has 2 aromatic rings. The van der Waals surface area contributed by atoms with E-state index < -0.39 is 0 Å². The van der Waals surface area contributed by atoms with Crippen LogP contribution >= 0.6 is 0 Å². The average molecular weight is 171 g/mol. The normalized spacial score (nSPS) is 9.77. The van der Waals surface area contributed by atoms with Crippen molar-refractivity contribution in [3.05, 3.63) is 24.4 Å². The highest BCUT2D eigenvalue weighted by atomic mass is 15.1. The van der Waals surface area contributed by atoms with Crippen molar-refractivity contribution in [2.75, 3.05) is 11.9 Å². The Bertz CT molecular complexity index is 450. The molecule has 0 aliphatic carbocycles. The Morgan fingerprint density at radius 3 is 3.31 bits per heavy atom. The molecule has 0 radical (unpaired) electrons. The van der Waals surface area contributed by atoms with E-state index in [0.717, 1.165) is 16.6 Å². The first-order valence-electron chi connectivity index (χ1n) is 4.00. The van der Waals surface area contributed by atoms with Crippen LogP contribution in [0.4, 0.5) is 5.69 Å². The number of hydrogen-bond donors (Lipinski definition) is 2. The van der Waals surface area contributed by atoms with Crippen LogP contribution in [0, 0.1) is 12.3 Å². The SMILES string of the molecule is C#CCNc1ccc2[nH]ncc2c1. The fraction of sp³-hybridized carbons (Fsp3) is 0.100. The zero-order chi connectivity index (χ0) is 9.10. The Balaban J connectivity index is 2.33. The van der Waals surface area contributed by atoms with Crippen molar-refractivity contribution in [3.63, 3.8) is 0 Å². The van der Waals surface area contributed by atoms with Crippen molar-refractivity contribution in [2.45, 2.75) is 0 Å². The molecule has 0 atom stereocenters. The van der Waals surface area contributed by atoms with E-state index >= 15 is 0 Å². The maximum atomic E-state index is 5.14. The highest BCUT2D eigenvalue weighted by Crippen LogP contribution is 2.15. The third-order valence-electron chi connectivity index (χ3n) is 1.83. The Kier molecular flexibility index (Phi) is 1.89. The summed E-state index contributed by atoms with van der Waals surface area (Å²) in [5.74, 6) is 2.52. The van der Waals surface area contributed by atoms with Crippen LogP contribution in [0.1, 0.15) is 0 Å². The molecule has 3 nitrogen and oxygen atoms in total. The van der Waals surface area contributed by atoms with Crippen LogP contribution in [0.3, 0.4) is 0 Å². The second kappa shape index (κ2) is 3.20. The van der Waals surface area contributed by atoms with E-state index in [1.54, 1.807) is 6.20 Å². The fourth-order valence-corrected chi connectivity index (χ4v) is 1.21. The van der Waals surface area contributed by atoms with Gasteiger partial charge in [0.25, 0.3) is 0 Å². The van der Waals surface area contributed by atoms with Gasteiger partial charge in [-0.25, -0.2) is 0 Å². The Morgan fingerprint density at radius 2 is 2.46 bits per heavy atom. The third-order valence-corrected chi connectivity index (χ3v) is 1.83. The van der Waals surface area contributed by atoms with Gasteiger partial charge in [0.1, 0.15) is 0 Å². The maximum Gasteiger partial charge on any atom is 0.0763 e. The minimum absolute atomic E-state index is 0.545. The van der Waals surface area contributed by atoms with E-state index in [1.807, 2.05) is 18.2 Å². The molecule has 1 heterocycles. The zero-order valence-corrected chi connectivity index (χ0v) is 7.04. The van der Waals surface area contributed by atoms with Gasteiger partial charge in [-0.15, -0.1) is 6.42 Å². The Labute approximate surface area is 76.2 Å². The van der Waals surface area contributed by atoms with E-state index in [0.29, 0.717) is 6.54 Å². The van der Waals surface area contributed by atoms with Gasteiger partial charge in [-0.05, 0) is 18.2 Å². The van der Waals surface area contributed by atoms with Crippen molar-refractivity contribution in [2.24, 2.45) is 0 Å². The minimum Gasteiger partial charge on any atom is -0.374 e. The average Bonchev–Trinajstić information content (AvgIpc) is 2.61. The largest absolute Gasteiger partial charge is 0.374 e. The number of fused-ring (bicyclic) bond motifs is 1. The van der Waals surface area contributed by atoms with Gasteiger partial charge in [-0.2, -0.15) is 5.10 Å². The second-order valence-corrected chi connectivity index (χ2v) is 2.73. The standard InChI is InChI=1S/C10H9N3/c1-2-5-11-9-3-4-10-8(6-9)7-12-13-10/h1,3-4,6-7,11H,5H2,(H,12,13). The fourth-order valence-electron chi connectivity index (χ4n) is 1.21. The monoisotopic (exact) mass is 171 g/mol. The van der Waals surface area contributed by atoms with Gasteiger partial charge in [-0.3, -0.25) is 5.10 Å². The molecule has 1 aromatic heterocycles. The van der Waals surface area contributed by atoms with E-state index in [9.17, 15) is 0 Å². The van der Waals surface area contributed by atoms with Crippen molar-refractivity contribution in [3.8, 4) is 12.3 Å². The molecule has 0 aliphatic heterocycles. The van der Waals surface area contributed by atoms with Gasteiger partial charge in [-0.1, -0.05) is 5.92 Å². The molecule has 0 aliphatic rings. The molecule has 1 aromatic carbocycles. The molecular weight excluding hydrogens is 162 g/mol. The van der Waals surface area contributed by atoms with Gasteiger partial charge in [0, 0.05) is 11.1 Å². The number of aromatic nitrogens is 2. The van der Waals surface area contributed by atoms with Gasteiger partial charge in [0.05, 0.1) is 18.3 Å². The van der Waals surface area contributed by atoms with Crippen LogP contribution in [0.15, 0.2) is 24.4 Å². The van der Waals surface area contributed by atoms with Gasteiger partial charge in [0.2, 0.25) is 0 Å². The summed E-state index contributed by atoms with van der Waals surface area (Å²) in [7, 11) is 0. The second-order valence-electron chi connectivity index (χ2n) is 2.73. The molecule has 0 spiro atoms. The van der Waals surface area contributed by atoms with E-state index in [-0.39, 0.29) is 0 Å². The van der Waals surface area contributed by atoms with Gasteiger partial charge in [0.15, 0.2) is 0 Å². The summed E-state index contributed by atoms with van der Waals surface area (Å²) >= 11 is 0. The van der Waals surface area contributed by atoms with E-state index in [4.69, 9.17) is 6.42 Å².